The van der Waals surface area contributed by atoms with Crippen molar-refractivity contribution in [2.24, 2.45) is 0 Å². The SMILES string of the molecule is O=C(COc1ccccc1Cl)NNC(=O)c1ccc(-c2ccc(F)cc2)o1. The average molecular weight is 389 g/mol. The molecule has 0 aliphatic carbocycles. The van der Waals surface area contributed by atoms with Crippen LogP contribution < -0.4 is 15.6 Å². The Morgan fingerprint density at radius 1 is 1.00 bits per heavy atom. The fourth-order valence-electron chi connectivity index (χ4n) is 2.16. The standard InChI is InChI=1S/C19H14ClFN2O4/c20-14-3-1-2-4-16(14)26-11-18(24)22-23-19(25)17-10-9-15(27-17)12-5-7-13(21)8-6-12/h1-10H,11H2,(H,22,24)(H,23,25). The monoisotopic (exact) mass is 388 g/mol. The molecule has 1 aromatic heterocycles. The lowest BCUT2D eigenvalue weighted by atomic mass is 10.2. The Morgan fingerprint density at radius 2 is 1.74 bits per heavy atom. The van der Waals surface area contributed by atoms with E-state index in [-0.39, 0.29) is 18.2 Å². The molecule has 0 bridgehead atoms. The van der Waals surface area contributed by atoms with E-state index in [0.29, 0.717) is 22.1 Å². The molecule has 0 spiro atoms. The molecule has 0 aliphatic heterocycles. The first-order chi connectivity index (χ1) is 13.0. The van der Waals surface area contributed by atoms with Crippen LogP contribution in [0.3, 0.4) is 0 Å². The molecule has 0 radical (unpaired) electrons. The minimum atomic E-state index is -0.644. The normalized spacial score (nSPS) is 10.3. The van der Waals surface area contributed by atoms with Crippen molar-refractivity contribution in [2.75, 3.05) is 6.61 Å². The lowest BCUT2D eigenvalue weighted by molar-refractivity contribution is -0.123. The van der Waals surface area contributed by atoms with E-state index in [4.69, 9.17) is 20.8 Å². The molecule has 0 saturated carbocycles. The van der Waals surface area contributed by atoms with Gasteiger partial charge in [-0.3, -0.25) is 20.4 Å². The summed E-state index contributed by atoms with van der Waals surface area (Å²) < 4.78 is 23.6. The lowest BCUT2D eigenvalue weighted by Crippen LogP contribution is -2.43. The second-order valence-electron chi connectivity index (χ2n) is 5.39. The minimum Gasteiger partial charge on any atom is -0.482 e. The van der Waals surface area contributed by atoms with Gasteiger partial charge in [0.25, 0.3) is 5.91 Å². The maximum atomic E-state index is 13.0. The van der Waals surface area contributed by atoms with Crippen LogP contribution in [0.15, 0.2) is 65.1 Å². The lowest BCUT2D eigenvalue weighted by Gasteiger charge is -2.08. The molecule has 2 amide bonds. The number of carbonyl (C=O) groups is 2. The Morgan fingerprint density at radius 3 is 2.48 bits per heavy atom. The highest BCUT2D eigenvalue weighted by Gasteiger charge is 2.13. The smallest absolute Gasteiger partial charge is 0.305 e. The molecular weight excluding hydrogens is 375 g/mol. The molecule has 0 saturated heterocycles. The number of halogens is 2. The third-order valence-electron chi connectivity index (χ3n) is 3.47. The summed E-state index contributed by atoms with van der Waals surface area (Å²) in [5.41, 5.74) is 5.05. The van der Waals surface area contributed by atoms with Gasteiger partial charge in [-0.2, -0.15) is 0 Å². The van der Waals surface area contributed by atoms with Crippen LogP contribution in [0.4, 0.5) is 4.39 Å². The third kappa shape index (κ3) is 4.86. The summed E-state index contributed by atoms with van der Waals surface area (Å²) in [4.78, 5) is 23.8. The maximum absolute atomic E-state index is 13.0. The van der Waals surface area contributed by atoms with Gasteiger partial charge >= 0.3 is 5.91 Å². The zero-order valence-corrected chi connectivity index (χ0v) is 14.6. The molecule has 2 aromatic carbocycles. The predicted molar refractivity (Wildman–Crippen MR) is 96.7 cm³/mol. The maximum Gasteiger partial charge on any atom is 0.305 e. The van der Waals surface area contributed by atoms with Crippen molar-refractivity contribution < 1.29 is 23.1 Å². The third-order valence-corrected chi connectivity index (χ3v) is 3.78. The van der Waals surface area contributed by atoms with Gasteiger partial charge in [-0.15, -0.1) is 0 Å². The van der Waals surface area contributed by atoms with Crippen LogP contribution in [0.5, 0.6) is 5.75 Å². The summed E-state index contributed by atoms with van der Waals surface area (Å²) in [6.07, 6.45) is 0. The number of hydrazine groups is 1. The number of rotatable bonds is 5. The van der Waals surface area contributed by atoms with Crippen molar-refractivity contribution in [3.63, 3.8) is 0 Å². The van der Waals surface area contributed by atoms with E-state index in [1.807, 2.05) is 0 Å². The summed E-state index contributed by atoms with van der Waals surface area (Å²) in [5, 5.41) is 0.373. The van der Waals surface area contributed by atoms with Crippen molar-refractivity contribution in [1.29, 1.82) is 0 Å². The largest absolute Gasteiger partial charge is 0.482 e. The number of hydrogen-bond acceptors (Lipinski definition) is 4. The first kappa shape index (κ1) is 18.5. The molecule has 138 valence electrons. The number of carbonyl (C=O) groups excluding carboxylic acids is 2. The van der Waals surface area contributed by atoms with Gasteiger partial charge < -0.3 is 9.15 Å². The van der Waals surface area contributed by atoms with Crippen LogP contribution in [0.2, 0.25) is 5.02 Å². The zero-order chi connectivity index (χ0) is 19.2. The molecule has 27 heavy (non-hydrogen) atoms. The summed E-state index contributed by atoms with van der Waals surface area (Å²) in [6.45, 7) is -0.330. The predicted octanol–water partition coefficient (Wildman–Crippen LogP) is 3.58. The highest BCUT2D eigenvalue weighted by molar-refractivity contribution is 6.32. The molecule has 6 nitrogen and oxygen atoms in total. The van der Waals surface area contributed by atoms with E-state index >= 15 is 0 Å². The summed E-state index contributed by atoms with van der Waals surface area (Å²) in [7, 11) is 0. The van der Waals surface area contributed by atoms with Crippen molar-refractivity contribution in [3.05, 3.63) is 77.3 Å². The number of hydrogen-bond donors (Lipinski definition) is 2. The second kappa shape index (κ2) is 8.37. The van der Waals surface area contributed by atoms with Gasteiger partial charge in [-0.25, -0.2) is 4.39 Å². The Labute approximate surface area is 158 Å². The van der Waals surface area contributed by atoms with Crippen LogP contribution in [0.1, 0.15) is 10.6 Å². The molecule has 1 heterocycles. The van der Waals surface area contributed by atoms with E-state index in [0.717, 1.165) is 0 Å². The van der Waals surface area contributed by atoms with Gasteiger partial charge in [0.15, 0.2) is 12.4 Å². The second-order valence-corrected chi connectivity index (χ2v) is 5.80. The molecule has 0 fully saturated rings. The molecule has 0 aliphatic rings. The van der Waals surface area contributed by atoms with Crippen molar-refractivity contribution in [1.82, 2.24) is 10.9 Å². The van der Waals surface area contributed by atoms with Crippen LogP contribution in [0.25, 0.3) is 11.3 Å². The van der Waals surface area contributed by atoms with Crippen LogP contribution >= 0.6 is 11.6 Å². The van der Waals surface area contributed by atoms with Crippen molar-refractivity contribution in [3.8, 4) is 17.1 Å². The molecule has 0 atom stereocenters. The first-order valence-corrected chi connectivity index (χ1v) is 8.23. The van der Waals surface area contributed by atoms with Crippen LogP contribution in [-0.4, -0.2) is 18.4 Å². The number of amides is 2. The zero-order valence-electron chi connectivity index (χ0n) is 13.9. The van der Waals surface area contributed by atoms with E-state index in [2.05, 4.69) is 10.9 Å². The van der Waals surface area contributed by atoms with E-state index < -0.39 is 11.8 Å². The van der Waals surface area contributed by atoms with Gasteiger partial charge in [-0.05, 0) is 48.5 Å². The van der Waals surface area contributed by atoms with Crippen molar-refractivity contribution in [2.45, 2.75) is 0 Å². The van der Waals surface area contributed by atoms with Crippen LogP contribution in [0, 0.1) is 5.82 Å². The molecule has 3 rings (SSSR count). The highest BCUT2D eigenvalue weighted by atomic mass is 35.5. The topological polar surface area (TPSA) is 80.6 Å². The van der Waals surface area contributed by atoms with Gasteiger partial charge in [0.1, 0.15) is 17.3 Å². The van der Waals surface area contributed by atoms with Gasteiger partial charge in [0, 0.05) is 5.56 Å². The van der Waals surface area contributed by atoms with Gasteiger partial charge in [-0.1, -0.05) is 23.7 Å². The molecule has 0 unspecified atom stereocenters. The number of para-hydroxylation sites is 1. The average Bonchev–Trinajstić information content (AvgIpc) is 3.16. The Bertz CT molecular complexity index is 956. The highest BCUT2D eigenvalue weighted by Crippen LogP contribution is 2.23. The Hall–Kier alpha value is -3.32. The number of nitrogens with one attached hydrogen (secondary N) is 2. The Kier molecular flexibility index (Phi) is 5.73. The molecule has 8 heteroatoms. The minimum absolute atomic E-state index is 0.0124. The molecule has 2 N–H and O–H groups in total. The van der Waals surface area contributed by atoms with Crippen molar-refractivity contribution >= 4 is 23.4 Å². The van der Waals surface area contributed by atoms with Gasteiger partial charge in [0.2, 0.25) is 0 Å². The summed E-state index contributed by atoms with van der Waals surface area (Å²) in [6, 6.07) is 15.4. The first-order valence-electron chi connectivity index (χ1n) is 7.85. The summed E-state index contributed by atoms with van der Waals surface area (Å²) >= 11 is 5.92. The van der Waals surface area contributed by atoms with E-state index in [1.54, 1.807) is 30.3 Å². The van der Waals surface area contributed by atoms with Gasteiger partial charge in [0.05, 0.1) is 5.02 Å². The van der Waals surface area contributed by atoms with E-state index in [9.17, 15) is 14.0 Å². The number of furan rings is 1. The number of ether oxygens (including phenoxy) is 1. The Balaban J connectivity index is 1.51. The fourth-order valence-corrected chi connectivity index (χ4v) is 2.35. The summed E-state index contributed by atoms with van der Waals surface area (Å²) in [5.74, 6) is -0.848. The number of benzene rings is 2. The quantitative estimate of drug-likeness (QED) is 0.655. The van der Waals surface area contributed by atoms with Crippen LogP contribution in [-0.2, 0) is 4.79 Å². The molecule has 3 aromatic rings. The molecular formula is C19H14ClFN2O4. The fraction of sp³-hybridized carbons (Fsp3) is 0.0526. The van der Waals surface area contributed by atoms with E-state index in [1.165, 1.54) is 30.3 Å².